The maximum Gasteiger partial charge on any atom is 0.0723 e. The van der Waals surface area contributed by atoms with E-state index in [1.54, 1.807) is 0 Å². The zero-order chi connectivity index (χ0) is 8.81. The van der Waals surface area contributed by atoms with Gasteiger partial charge < -0.3 is 0 Å². The fraction of sp³-hybridized carbons (Fsp3) is 0.667. The first-order valence-corrected chi connectivity index (χ1v) is 5.62. The van der Waals surface area contributed by atoms with Crippen LogP contribution in [0, 0.1) is 0 Å². The highest BCUT2D eigenvalue weighted by Crippen LogP contribution is 2.08. The Kier molecular flexibility index (Phi) is 4.22. The minimum Gasteiger partial charge on any atom is -0.272 e. The molecule has 12 heavy (non-hydrogen) atoms. The highest BCUT2D eigenvalue weighted by atomic mass is 32.2. The van der Waals surface area contributed by atoms with Crippen LogP contribution in [0.2, 0.25) is 0 Å². The third-order valence-corrected chi connectivity index (χ3v) is 2.51. The first kappa shape index (κ1) is 9.65. The SMILES string of the molecule is CCCn1ccc(CSCC)n1. The van der Waals surface area contributed by atoms with Crippen molar-refractivity contribution < 1.29 is 0 Å². The van der Waals surface area contributed by atoms with Gasteiger partial charge in [-0.2, -0.15) is 16.9 Å². The number of hydrogen-bond acceptors (Lipinski definition) is 2. The smallest absolute Gasteiger partial charge is 0.0723 e. The van der Waals surface area contributed by atoms with Gasteiger partial charge in [0.15, 0.2) is 0 Å². The number of hydrogen-bond donors (Lipinski definition) is 0. The third kappa shape index (κ3) is 2.89. The Morgan fingerprint density at radius 2 is 2.33 bits per heavy atom. The van der Waals surface area contributed by atoms with Crippen molar-refractivity contribution in [1.82, 2.24) is 9.78 Å². The van der Waals surface area contributed by atoms with Crippen LogP contribution in [0.25, 0.3) is 0 Å². The summed E-state index contributed by atoms with van der Waals surface area (Å²) in [5.41, 5.74) is 1.20. The van der Waals surface area contributed by atoms with Gasteiger partial charge in [-0.15, -0.1) is 0 Å². The maximum absolute atomic E-state index is 4.43. The summed E-state index contributed by atoms with van der Waals surface area (Å²) >= 11 is 1.92. The molecule has 0 aliphatic heterocycles. The molecule has 1 rings (SSSR count). The molecule has 2 nitrogen and oxygen atoms in total. The van der Waals surface area contributed by atoms with Crippen molar-refractivity contribution in [3.05, 3.63) is 18.0 Å². The number of aryl methyl sites for hydroxylation is 1. The quantitative estimate of drug-likeness (QED) is 0.700. The van der Waals surface area contributed by atoms with E-state index in [4.69, 9.17) is 0 Å². The molecule has 0 bridgehead atoms. The van der Waals surface area contributed by atoms with E-state index in [2.05, 4.69) is 31.2 Å². The Labute approximate surface area is 78.4 Å². The van der Waals surface area contributed by atoms with Gasteiger partial charge in [0.25, 0.3) is 0 Å². The van der Waals surface area contributed by atoms with Crippen LogP contribution in [-0.4, -0.2) is 15.5 Å². The highest BCUT2D eigenvalue weighted by molar-refractivity contribution is 7.98. The Hall–Kier alpha value is -0.440. The van der Waals surface area contributed by atoms with E-state index in [0.717, 1.165) is 18.7 Å². The summed E-state index contributed by atoms with van der Waals surface area (Å²) in [6, 6.07) is 2.11. The predicted molar refractivity (Wildman–Crippen MR) is 54.4 cm³/mol. The Bertz CT molecular complexity index is 220. The molecule has 0 radical (unpaired) electrons. The van der Waals surface area contributed by atoms with E-state index in [-0.39, 0.29) is 0 Å². The van der Waals surface area contributed by atoms with Crippen LogP contribution >= 0.6 is 11.8 Å². The van der Waals surface area contributed by atoms with Gasteiger partial charge in [0.05, 0.1) is 5.69 Å². The van der Waals surface area contributed by atoms with Crippen molar-refractivity contribution in [3.63, 3.8) is 0 Å². The van der Waals surface area contributed by atoms with Crippen LogP contribution in [0.1, 0.15) is 26.0 Å². The molecular formula is C9H16N2S. The summed E-state index contributed by atoms with van der Waals surface area (Å²) in [4.78, 5) is 0. The molecule has 1 heterocycles. The van der Waals surface area contributed by atoms with E-state index in [9.17, 15) is 0 Å². The lowest BCUT2D eigenvalue weighted by molar-refractivity contribution is 0.598. The van der Waals surface area contributed by atoms with Crippen LogP contribution in [0.3, 0.4) is 0 Å². The molecule has 0 amide bonds. The fourth-order valence-electron chi connectivity index (χ4n) is 1.04. The summed E-state index contributed by atoms with van der Waals surface area (Å²) in [6.07, 6.45) is 3.22. The summed E-state index contributed by atoms with van der Waals surface area (Å²) in [6.45, 7) is 5.38. The summed E-state index contributed by atoms with van der Waals surface area (Å²) in [5, 5.41) is 4.43. The molecule has 68 valence electrons. The van der Waals surface area contributed by atoms with Crippen LogP contribution in [0.4, 0.5) is 0 Å². The second kappa shape index (κ2) is 5.25. The lowest BCUT2D eigenvalue weighted by atomic mass is 10.5. The molecule has 0 saturated heterocycles. The molecule has 0 saturated carbocycles. The molecule has 0 fully saturated rings. The average molecular weight is 184 g/mol. The van der Waals surface area contributed by atoms with E-state index in [1.165, 1.54) is 11.4 Å². The van der Waals surface area contributed by atoms with Gasteiger partial charge in [-0.05, 0) is 18.2 Å². The first-order valence-electron chi connectivity index (χ1n) is 4.47. The van der Waals surface area contributed by atoms with Crippen molar-refractivity contribution in [2.24, 2.45) is 0 Å². The summed E-state index contributed by atoms with van der Waals surface area (Å²) in [5.74, 6) is 2.22. The summed E-state index contributed by atoms with van der Waals surface area (Å²) in [7, 11) is 0. The van der Waals surface area contributed by atoms with Crippen LogP contribution in [-0.2, 0) is 12.3 Å². The van der Waals surface area contributed by atoms with Crippen LogP contribution in [0.15, 0.2) is 12.3 Å². The van der Waals surface area contributed by atoms with Gasteiger partial charge in [-0.1, -0.05) is 13.8 Å². The van der Waals surface area contributed by atoms with Crippen molar-refractivity contribution >= 4 is 11.8 Å². The zero-order valence-electron chi connectivity index (χ0n) is 7.79. The molecular weight excluding hydrogens is 168 g/mol. The van der Waals surface area contributed by atoms with E-state index < -0.39 is 0 Å². The predicted octanol–water partition coefficient (Wildman–Crippen LogP) is 2.55. The van der Waals surface area contributed by atoms with E-state index >= 15 is 0 Å². The molecule has 0 atom stereocenters. The molecule has 0 aliphatic rings. The molecule has 0 unspecified atom stereocenters. The van der Waals surface area contributed by atoms with Gasteiger partial charge in [-0.3, -0.25) is 4.68 Å². The summed E-state index contributed by atoms with van der Waals surface area (Å²) < 4.78 is 2.02. The Balaban J connectivity index is 2.41. The molecule has 0 aliphatic carbocycles. The minimum absolute atomic E-state index is 1.04. The molecule has 1 aromatic heterocycles. The molecule has 0 aromatic carbocycles. The molecule has 1 aromatic rings. The first-order chi connectivity index (χ1) is 5.86. The van der Waals surface area contributed by atoms with Gasteiger partial charge in [0.2, 0.25) is 0 Å². The van der Waals surface area contributed by atoms with Gasteiger partial charge in [-0.25, -0.2) is 0 Å². The third-order valence-electron chi connectivity index (χ3n) is 1.60. The number of nitrogens with zero attached hydrogens (tertiary/aromatic N) is 2. The average Bonchev–Trinajstić information content (AvgIpc) is 2.50. The van der Waals surface area contributed by atoms with Crippen LogP contribution in [0.5, 0.6) is 0 Å². The number of rotatable bonds is 5. The maximum atomic E-state index is 4.43. The number of aromatic nitrogens is 2. The Morgan fingerprint density at radius 3 is 3.00 bits per heavy atom. The largest absolute Gasteiger partial charge is 0.272 e. The molecule has 0 spiro atoms. The van der Waals surface area contributed by atoms with Crippen molar-refractivity contribution in [2.75, 3.05) is 5.75 Å². The minimum atomic E-state index is 1.04. The van der Waals surface area contributed by atoms with Crippen LogP contribution < -0.4 is 0 Å². The standard InChI is InChI=1S/C9H16N2S/c1-3-6-11-7-5-9(10-11)8-12-4-2/h5,7H,3-4,6,8H2,1-2H3. The Morgan fingerprint density at radius 1 is 1.50 bits per heavy atom. The molecule has 0 N–H and O–H groups in total. The second-order valence-corrected chi connectivity index (χ2v) is 3.98. The second-order valence-electron chi connectivity index (χ2n) is 2.71. The van der Waals surface area contributed by atoms with Gasteiger partial charge in [0.1, 0.15) is 0 Å². The lowest BCUT2D eigenvalue weighted by Crippen LogP contribution is -1.97. The number of thioether (sulfide) groups is 1. The molecule has 3 heteroatoms. The lowest BCUT2D eigenvalue weighted by Gasteiger charge is -1.96. The van der Waals surface area contributed by atoms with Gasteiger partial charge in [0, 0.05) is 18.5 Å². The topological polar surface area (TPSA) is 17.8 Å². The fourth-order valence-corrected chi connectivity index (χ4v) is 1.61. The van der Waals surface area contributed by atoms with E-state index in [1.807, 2.05) is 16.4 Å². The highest BCUT2D eigenvalue weighted by Gasteiger charge is 1.96. The van der Waals surface area contributed by atoms with Crippen molar-refractivity contribution in [2.45, 2.75) is 32.6 Å². The van der Waals surface area contributed by atoms with Crippen molar-refractivity contribution in [1.29, 1.82) is 0 Å². The zero-order valence-corrected chi connectivity index (χ0v) is 8.60. The monoisotopic (exact) mass is 184 g/mol. The normalized spacial score (nSPS) is 10.5. The van der Waals surface area contributed by atoms with E-state index in [0.29, 0.717) is 0 Å². The van der Waals surface area contributed by atoms with Crippen molar-refractivity contribution in [3.8, 4) is 0 Å². The van der Waals surface area contributed by atoms with Gasteiger partial charge >= 0.3 is 0 Å².